The lowest BCUT2D eigenvalue weighted by atomic mass is 10.2. The van der Waals surface area contributed by atoms with Crippen LogP contribution in [0.4, 0.5) is 5.95 Å². The molecule has 7 nitrogen and oxygen atoms in total. The molecule has 0 atom stereocenters. The van der Waals surface area contributed by atoms with Gasteiger partial charge in [0.15, 0.2) is 0 Å². The number of carbonyl (C=O) groups excluding carboxylic acids is 1. The summed E-state index contributed by atoms with van der Waals surface area (Å²) in [5.41, 5.74) is 0.493. The first kappa shape index (κ1) is 14.7. The van der Waals surface area contributed by atoms with Gasteiger partial charge in [0, 0.05) is 11.8 Å². The van der Waals surface area contributed by atoms with Crippen LogP contribution in [0.2, 0.25) is 0 Å². The minimum Gasteiger partial charge on any atom is -0.494 e. The van der Waals surface area contributed by atoms with E-state index in [4.69, 9.17) is 4.74 Å². The summed E-state index contributed by atoms with van der Waals surface area (Å²) < 4.78 is 5.54. The number of benzene rings is 1. The molecular weight excluding hydrogens is 270 g/mol. The standard InChI is InChI=1S/C14H17N5O2/c1-3-5-10-21-12-8-6-11(7-9-12)13(20)15-14-16-18-19(4-2)17-14/h4,6-9H,2-3,5,10H2,1H3,(H,15,17,20). The highest BCUT2D eigenvalue weighted by Crippen LogP contribution is 2.13. The van der Waals surface area contributed by atoms with E-state index in [0.29, 0.717) is 12.2 Å². The summed E-state index contributed by atoms with van der Waals surface area (Å²) in [5.74, 6) is 0.567. The Balaban J connectivity index is 1.94. The predicted molar refractivity (Wildman–Crippen MR) is 79.0 cm³/mol. The molecule has 0 aliphatic rings. The molecule has 7 heteroatoms. The van der Waals surface area contributed by atoms with Crippen LogP contribution in [0.15, 0.2) is 30.8 Å². The van der Waals surface area contributed by atoms with Crippen molar-refractivity contribution in [3.63, 3.8) is 0 Å². The van der Waals surface area contributed by atoms with Gasteiger partial charge in [0.1, 0.15) is 5.75 Å². The molecule has 0 bridgehead atoms. The van der Waals surface area contributed by atoms with E-state index in [1.165, 1.54) is 11.0 Å². The fraction of sp³-hybridized carbons (Fsp3) is 0.286. The van der Waals surface area contributed by atoms with Gasteiger partial charge in [0.05, 0.1) is 6.61 Å². The first-order valence-corrected chi connectivity index (χ1v) is 6.69. The first-order valence-electron chi connectivity index (χ1n) is 6.69. The van der Waals surface area contributed by atoms with Gasteiger partial charge in [-0.25, -0.2) is 0 Å². The summed E-state index contributed by atoms with van der Waals surface area (Å²) >= 11 is 0. The highest BCUT2D eigenvalue weighted by molar-refractivity contribution is 6.03. The quantitative estimate of drug-likeness (QED) is 0.789. The molecule has 0 radical (unpaired) electrons. The monoisotopic (exact) mass is 287 g/mol. The summed E-state index contributed by atoms with van der Waals surface area (Å²) in [4.78, 5) is 13.2. The largest absolute Gasteiger partial charge is 0.494 e. The van der Waals surface area contributed by atoms with Crippen LogP contribution in [-0.4, -0.2) is 32.7 Å². The molecule has 1 N–H and O–H groups in total. The second-order valence-corrected chi connectivity index (χ2v) is 4.30. The summed E-state index contributed by atoms with van der Waals surface area (Å²) in [6.07, 6.45) is 3.47. The molecule has 110 valence electrons. The molecule has 0 spiro atoms. The molecule has 0 aliphatic carbocycles. The number of carbonyl (C=O) groups is 1. The Kier molecular flexibility index (Phi) is 5.03. The van der Waals surface area contributed by atoms with Crippen LogP contribution in [0.25, 0.3) is 6.20 Å². The molecular formula is C14H17N5O2. The van der Waals surface area contributed by atoms with E-state index in [1.807, 2.05) is 0 Å². The summed E-state index contributed by atoms with van der Waals surface area (Å²) in [6.45, 7) is 6.27. The molecule has 0 aliphatic heterocycles. The number of ether oxygens (including phenoxy) is 1. The smallest absolute Gasteiger partial charge is 0.270 e. The van der Waals surface area contributed by atoms with Gasteiger partial charge in [-0.05, 0) is 35.9 Å². The van der Waals surface area contributed by atoms with Gasteiger partial charge in [-0.3, -0.25) is 10.1 Å². The number of nitrogens with one attached hydrogen (secondary N) is 1. The van der Waals surface area contributed by atoms with Crippen LogP contribution in [0.1, 0.15) is 30.1 Å². The van der Waals surface area contributed by atoms with Gasteiger partial charge in [0.2, 0.25) is 0 Å². The zero-order valence-electron chi connectivity index (χ0n) is 11.8. The fourth-order valence-electron chi connectivity index (χ4n) is 1.56. The van der Waals surface area contributed by atoms with E-state index in [9.17, 15) is 4.79 Å². The normalized spacial score (nSPS) is 10.1. The molecule has 2 aromatic rings. The minimum absolute atomic E-state index is 0.128. The lowest BCUT2D eigenvalue weighted by molar-refractivity contribution is 0.102. The molecule has 0 unspecified atom stereocenters. The van der Waals surface area contributed by atoms with E-state index in [2.05, 4.69) is 34.2 Å². The molecule has 0 saturated carbocycles. The van der Waals surface area contributed by atoms with Crippen molar-refractivity contribution >= 4 is 18.1 Å². The van der Waals surface area contributed by atoms with Crippen molar-refractivity contribution in [3.8, 4) is 5.75 Å². The maximum Gasteiger partial charge on any atom is 0.270 e. The van der Waals surface area contributed by atoms with E-state index in [-0.39, 0.29) is 11.9 Å². The number of nitrogens with zero attached hydrogens (tertiary/aromatic N) is 4. The third kappa shape index (κ3) is 4.13. The Morgan fingerprint density at radius 3 is 2.81 bits per heavy atom. The lowest BCUT2D eigenvalue weighted by Gasteiger charge is -2.06. The van der Waals surface area contributed by atoms with E-state index < -0.39 is 0 Å². The molecule has 1 aromatic heterocycles. The molecule has 1 heterocycles. The Bertz CT molecular complexity index is 606. The van der Waals surface area contributed by atoms with Crippen molar-refractivity contribution in [1.82, 2.24) is 20.2 Å². The topological polar surface area (TPSA) is 81.9 Å². The zero-order chi connectivity index (χ0) is 15.1. The highest BCUT2D eigenvalue weighted by Gasteiger charge is 2.09. The van der Waals surface area contributed by atoms with Gasteiger partial charge in [-0.2, -0.15) is 0 Å². The first-order chi connectivity index (χ1) is 10.2. The molecule has 1 aromatic carbocycles. The van der Waals surface area contributed by atoms with Crippen LogP contribution < -0.4 is 10.1 Å². The number of amides is 1. The van der Waals surface area contributed by atoms with Crippen LogP contribution in [0.5, 0.6) is 5.75 Å². The molecule has 2 rings (SSSR count). The van der Waals surface area contributed by atoms with Crippen molar-refractivity contribution in [3.05, 3.63) is 36.4 Å². The van der Waals surface area contributed by atoms with Crippen molar-refractivity contribution in [1.29, 1.82) is 0 Å². The Morgan fingerprint density at radius 1 is 1.43 bits per heavy atom. The third-order valence-corrected chi connectivity index (χ3v) is 2.70. The molecule has 0 saturated heterocycles. The second-order valence-electron chi connectivity index (χ2n) is 4.30. The van der Waals surface area contributed by atoms with Gasteiger partial charge in [-0.15, -0.1) is 9.90 Å². The van der Waals surface area contributed by atoms with Gasteiger partial charge in [0.25, 0.3) is 11.9 Å². The summed E-state index contributed by atoms with van der Waals surface area (Å²) in [7, 11) is 0. The number of tetrazole rings is 1. The minimum atomic E-state index is -0.307. The number of hydrogen-bond donors (Lipinski definition) is 1. The fourth-order valence-corrected chi connectivity index (χ4v) is 1.56. The number of hydrogen-bond acceptors (Lipinski definition) is 5. The Hall–Kier alpha value is -2.70. The predicted octanol–water partition coefficient (Wildman–Crippen LogP) is 2.20. The van der Waals surface area contributed by atoms with Gasteiger partial charge < -0.3 is 4.74 Å². The average Bonchev–Trinajstić information content (AvgIpc) is 2.96. The molecule has 0 fully saturated rings. The SMILES string of the molecule is C=Cn1nnc(NC(=O)c2ccc(OCCCC)cc2)n1. The lowest BCUT2D eigenvalue weighted by Crippen LogP contribution is -2.13. The summed E-state index contributed by atoms with van der Waals surface area (Å²) in [5, 5.41) is 13.8. The van der Waals surface area contributed by atoms with Crippen molar-refractivity contribution in [2.24, 2.45) is 0 Å². The van der Waals surface area contributed by atoms with Crippen molar-refractivity contribution in [2.45, 2.75) is 19.8 Å². The van der Waals surface area contributed by atoms with Crippen molar-refractivity contribution < 1.29 is 9.53 Å². The van der Waals surface area contributed by atoms with Crippen LogP contribution >= 0.6 is 0 Å². The Labute approximate surface area is 122 Å². The third-order valence-electron chi connectivity index (χ3n) is 2.70. The zero-order valence-corrected chi connectivity index (χ0v) is 11.8. The van der Waals surface area contributed by atoms with Crippen LogP contribution in [0.3, 0.4) is 0 Å². The Morgan fingerprint density at radius 2 is 2.19 bits per heavy atom. The van der Waals surface area contributed by atoms with E-state index in [0.717, 1.165) is 18.6 Å². The summed E-state index contributed by atoms with van der Waals surface area (Å²) in [6, 6.07) is 6.90. The molecule has 1 amide bonds. The van der Waals surface area contributed by atoms with Crippen molar-refractivity contribution in [2.75, 3.05) is 11.9 Å². The van der Waals surface area contributed by atoms with E-state index in [1.54, 1.807) is 24.3 Å². The van der Waals surface area contributed by atoms with Gasteiger partial charge >= 0.3 is 0 Å². The maximum atomic E-state index is 12.0. The highest BCUT2D eigenvalue weighted by atomic mass is 16.5. The van der Waals surface area contributed by atoms with Gasteiger partial charge in [-0.1, -0.05) is 25.0 Å². The second kappa shape index (κ2) is 7.18. The van der Waals surface area contributed by atoms with Crippen LogP contribution in [0, 0.1) is 0 Å². The number of unbranched alkanes of at least 4 members (excludes halogenated alkanes) is 1. The van der Waals surface area contributed by atoms with Crippen LogP contribution in [-0.2, 0) is 0 Å². The average molecular weight is 287 g/mol. The molecule has 21 heavy (non-hydrogen) atoms. The number of anilines is 1. The number of rotatable bonds is 7. The van der Waals surface area contributed by atoms with E-state index >= 15 is 0 Å². The number of aromatic nitrogens is 4. The maximum absolute atomic E-state index is 12.0.